The number of carbonyl (C=O) groups is 3. The maximum Gasteiger partial charge on any atom is 0.325 e. The van der Waals surface area contributed by atoms with E-state index in [1.54, 1.807) is 6.92 Å². The highest BCUT2D eigenvalue weighted by Crippen LogP contribution is 2.30. The highest BCUT2D eigenvalue weighted by molar-refractivity contribution is 6.10. The van der Waals surface area contributed by atoms with Gasteiger partial charge in [0.25, 0.3) is 5.91 Å². The number of nitrogens with one attached hydrogen (secondary N) is 2. The number of hydrogen-bond acceptors (Lipinski definition) is 3. The van der Waals surface area contributed by atoms with Crippen LogP contribution in [0.3, 0.4) is 0 Å². The summed E-state index contributed by atoms with van der Waals surface area (Å²) in [6.45, 7) is 9.80. The van der Waals surface area contributed by atoms with Gasteiger partial charge in [0, 0.05) is 5.69 Å². The number of carbonyl (C=O) groups excluding carboxylic acids is 3. The highest BCUT2D eigenvalue weighted by atomic mass is 16.2. The molecule has 0 saturated carbocycles. The molecule has 1 heterocycles. The van der Waals surface area contributed by atoms with Crippen LogP contribution in [0.2, 0.25) is 0 Å². The molecule has 6 nitrogen and oxygen atoms in total. The quantitative estimate of drug-likeness (QED) is 0.635. The minimum atomic E-state index is -1.19. The number of hydrogen-bond donors (Lipinski definition) is 2. The number of anilines is 1. The van der Waals surface area contributed by atoms with Gasteiger partial charge in [-0.2, -0.15) is 0 Å². The number of imide groups is 1. The Hall–Kier alpha value is -3.15. The molecular formula is C25H31N3O3. The van der Waals surface area contributed by atoms with Gasteiger partial charge in [0.2, 0.25) is 5.91 Å². The van der Waals surface area contributed by atoms with Crippen molar-refractivity contribution in [2.24, 2.45) is 0 Å². The van der Waals surface area contributed by atoms with E-state index in [0.29, 0.717) is 23.1 Å². The lowest BCUT2D eigenvalue weighted by Gasteiger charge is -2.22. The summed E-state index contributed by atoms with van der Waals surface area (Å²) in [6.07, 6.45) is 1.04. The summed E-state index contributed by atoms with van der Waals surface area (Å²) in [6, 6.07) is 14.7. The molecule has 0 aromatic heterocycles. The van der Waals surface area contributed by atoms with Crippen LogP contribution in [0.25, 0.3) is 0 Å². The van der Waals surface area contributed by atoms with E-state index in [2.05, 4.69) is 38.3 Å². The number of nitrogens with zero attached hydrogens (tertiary/aromatic N) is 1. The molecule has 3 rings (SSSR count). The van der Waals surface area contributed by atoms with Gasteiger partial charge in [0.05, 0.1) is 0 Å². The Labute approximate surface area is 184 Å². The third-order valence-electron chi connectivity index (χ3n) is 6.11. The van der Waals surface area contributed by atoms with E-state index in [0.717, 1.165) is 16.9 Å². The van der Waals surface area contributed by atoms with Crippen LogP contribution in [0.5, 0.6) is 0 Å². The van der Waals surface area contributed by atoms with E-state index in [1.165, 1.54) is 5.56 Å². The second-order valence-corrected chi connectivity index (χ2v) is 8.70. The molecule has 4 amide bonds. The van der Waals surface area contributed by atoms with Crippen molar-refractivity contribution in [3.8, 4) is 0 Å². The first-order valence-corrected chi connectivity index (χ1v) is 10.8. The second-order valence-electron chi connectivity index (χ2n) is 8.70. The summed E-state index contributed by atoms with van der Waals surface area (Å²) in [4.78, 5) is 39.1. The van der Waals surface area contributed by atoms with Crippen LogP contribution < -0.4 is 10.6 Å². The molecule has 2 aromatic carbocycles. The molecular weight excluding hydrogens is 390 g/mol. The third kappa shape index (κ3) is 4.63. The smallest absolute Gasteiger partial charge is 0.325 e. The van der Waals surface area contributed by atoms with E-state index < -0.39 is 23.4 Å². The normalized spacial score (nSPS) is 19.5. The number of benzene rings is 2. The summed E-state index contributed by atoms with van der Waals surface area (Å²) in [5, 5.41) is 5.52. The van der Waals surface area contributed by atoms with E-state index in [1.807, 2.05) is 48.5 Å². The topological polar surface area (TPSA) is 78.5 Å². The van der Waals surface area contributed by atoms with Gasteiger partial charge in [0.1, 0.15) is 12.1 Å². The Bertz CT molecular complexity index is 967. The fourth-order valence-corrected chi connectivity index (χ4v) is 3.71. The lowest BCUT2D eigenvalue weighted by molar-refractivity contribution is -0.133. The van der Waals surface area contributed by atoms with Gasteiger partial charge in [-0.05, 0) is 54.0 Å². The molecule has 2 aromatic rings. The van der Waals surface area contributed by atoms with Crippen LogP contribution >= 0.6 is 0 Å². The zero-order valence-electron chi connectivity index (χ0n) is 18.9. The average molecular weight is 422 g/mol. The molecule has 1 saturated heterocycles. The van der Waals surface area contributed by atoms with Crippen LogP contribution in [-0.4, -0.2) is 29.3 Å². The molecule has 2 atom stereocenters. The predicted octanol–water partition coefficient (Wildman–Crippen LogP) is 4.73. The fraction of sp³-hybridized carbons (Fsp3) is 0.400. The SMILES string of the molecule is CCC(C)c1ccc(NC(=O)CN2C(=O)NC(C)(c3ccc(C(C)C)cc3)C2=O)cc1. The van der Waals surface area contributed by atoms with Crippen molar-refractivity contribution >= 4 is 23.5 Å². The van der Waals surface area contributed by atoms with E-state index in [9.17, 15) is 14.4 Å². The zero-order valence-corrected chi connectivity index (χ0v) is 18.9. The van der Waals surface area contributed by atoms with Crippen LogP contribution in [0.1, 0.15) is 69.6 Å². The van der Waals surface area contributed by atoms with Gasteiger partial charge in [-0.15, -0.1) is 0 Å². The summed E-state index contributed by atoms with van der Waals surface area (Å²) in [5.74, 6) is -0.0330. The third-order valence-corrected chi connectivity index (χ3v) is 6.11. The van der Waals surface area contributed by atoms with Crippen molar-refractivity contribution in [3.63, 3.8) is 0 Å². The fourth-order valence-electron chi connectivity index (χ4n) is 3.71. The molecule has 0 bridgehead atoms. The Morgan fingerprint density at radius 3 is 2.13 bits per heavy atom. The van der Waals surface area contributed by atoms with Gasteiger partial charge in [0.15, 0.2) is 0 Å². The van der Waals surface area contributed by atoms with Crippen molar-refractivity contribution in [2.75, 3.05) is 11.9 Å². The highest BCUT2D eigenvalue weighted by Gasteiger charge is 2.49. The van der Waals surface area contributed by atoms with E-state index in [4.69, 9.17) is 0 Å². The Morgan fingerprint density at radius 2 is 1.58 bits per heavy atom. The van der Waals surface area contributed by atoms with Crippen LogP contribution in [0, 0.1) is 0 Å². The largest absolute Gasteiger partial charge is 0.325 e. The lowest BCUT2D eigenvalue weighted by atomic mass is 9.90. The number of urea groups is 1. The van der Waals surface area contributed by atoms with Gasteiger partial charge >= 0.3 is 6.03 Å². The average Bonchev–Trinajstić information content (AvgIpc) is 2.97. The predicted molar refractivity (Wildman–Crippen MR) is 122 cm³/mol. The minimum absolute atomic E-state index is 0.336. The monoisotopic (exact) mass is 421 g/mol. The van der Waals surface area contributed by atoms with Crippen molar-refractivity contribution in [1.82, 2.24) is 10.2 Å². The molecule has 2 unspecified atom stereocenters. The van der Waals surface area contributed by atoms with Gasteiger partial charge in [-0.3, -0.25) is 14.5 Å². The molecule has 0 spiro atoms. The minimum Gasteiger partial charge on any atom is -0.325 e. The second kappa shape index (κ2) is 8.92. The Kier molecular flexibility index (Phi) is 6.48. The molecule has 1 fully saturated rings. The van der Waals surface area contributed by atoms with Crippen molar-refractivity contribution in [3.05, 3.63) is 65.2 Å². The van der Waals surface area contributed by atoms with Gasteiger partial charge < -0.3 is 10.6 Å². The first-order chi connectivity index (χ1) is 14.7. The molecule has 1 aliphatic heterocycles. The molecule has 0 radical (unpaired) electrons. The number of amides is 4. The Morgan fingerprint density at radius 1 is 1.00 bits per heavy atom. The molecule has 0 aliphatic carbocycles. The zero-order chi connectivity index (χ0) is 22.8. The van der Waals surface area contributed by atoms with Crippen molar-refractivity contribution in [1.29, 1.82) is 0 Å². The summed E-state index contributed by atoms with van der Waals surface area (Å²) < 4.78 is 0. The molecule has 2 N–H and O–H groups in total. The van der Waals surface area contributed by atoms with E-state index in [-0.39, 0.29) is 6.54 Å². The van der Waals surface area contributed by atoms with Crippen LogP contribution in [0.15, 0.2) is 48.5 Å². The van der Waals surface area contributed by atoms with Crippen LogP contribution in [-0.2, 0) is 15.1 Å². The van der Waals surface area contributed by atoms with E-state index >= 15 is 0 Å². The first-order valence-electron chi connectivity index (χ1n) is 10.8. The maximum absolute atomic E-state index is 13.1. The molecule has 6 heteroatoms. The van der Waals surface area contributed by atoms with Gasteiger partial charge in [-0.25, -0.2) is 4.79 Å². The first kappa shape index (κ1) is 22.5. The van der Waals surface area contributed by atoms with Crippen LogP contribution in [0.4, 0.5) is 10.5 Å². The lowest BCUT2D eigenvalue weighted by Crippen LogP contribution is -2.42. The summed E-state index contributed by atoms with van der Waals surface area (Å²) in [5.41, 5.74) is 2.49. The maximum atomic E-state index is 13.1. The van der Waals surface area contributed by atoms with Gasteiger partial charge in [-0.1, -0.05) is 64.1 Å². The summed E-state index contributed by atoms with van der Waals surface area (Å²) >= 11 is 0. The van der Waals surface area contributed by atoms with Crippen molar-refractivity contribution in [2.45, 2.75) is 58.4 Å². The van der Waals surface area contributed by atoms with Crippen molar-refractivity contribution < 1.29 is 14.4 Å². The standard InChI is InChI=1S/C25H31N3O3/c1-6-17(4)19-9-13-21(14-10-19)26-22(29)15-28-23(30)25(5,27-24(28)31)20-11-7-18(8-12-20)16(2)3/h7-14,16-17H,6,15H2,1-5H3,(H,26,29)(H,27,31). The molecule has 164 valence electrons. The number of rotatable bonds is 7. The molecule has 31 heavy (non-hydrogen) atoms. The Balaban J connectivity index is 1.68. The summed E-state index contributed by atoms with van der Waals surface area (Å²) in [7, 11) is 0. The molecule has 1 aliphatic rings.